The summed E-state index contributed by atoms with van der Waals surface area (Å²) in [6.07, 6.45) is 3.55. The van der Waals surface area contributed by atoms with Crippen molar-refractivity contribution in [1.82, 2.24) is 15.1 Å². The Bertz CT molecular complexity index is 425. The molecule has 5 atom stereocenters. The summed E-state index contributed by atoms with van der Waals surface area (Å²) < 4.78 is 6.36. The Morgan fingerprint density at radius 2 is 1.91 bits per heavy atom. The Morgan fingerprint density at radius 1 is 1.09 bits per heavy atom. The molecule has 0 aromatic carbocycles. The summed E-state index contributed by atoms with van der Waals surface area (Å²) in [5, 5.41) is 3.63. The lowest BCUT2D eigenvalue weighted by molar-refractivity contribution is -0.0719. The fourth-order valence-corrected chi connectivity index (χ4v) is 5.58. The predicted molar refractivity (Wildman–Crippen MR) is 89.0 cm³/mol. The molecule has 4 aliphatic heterocycles. The van der Waals surface area contributed by atoms with Gasteiger partial charge in [0.05, 0.1) is 12.2 Å². The average molecular weight is 307 g/mol. The van der Waals surface area contributed by atoms with Crippen molar-refractivity contribution in [2.24, 2.45) is 11.8 Å². The zero-order valence-electron chi connectivity index (χ0n) is 14.7. The van der Waals surface area contributed by atoms with Crippen LogP contribution in [0.1, 0.15) is 40.5 Å². The topological polar surface area (TPSA) is 27.7 Å². The van der Waals surface area contributed by atoms with Gasteiger partial charge in [-0.15, -0.1) is 0 Å². The third-order valence-electron chi connectivity index (χ3n) is 6.88. The molecule has 0 radical (unpaired) electrons. The number of rotatable bonds is 3. The van der Waals surface area contributed by atoms with Crippen LogP contribution < -0.4 is 5.32 Å². The van der Waals surface area contributed by atoms with Gasteiger partial charge in [-0.25, -0.2) is 0 Å². The summed E-state index contributed by atoms with van der Waals surface area (Å²) in [6, 6.07) is 1.39. The minimum atomic E-state index is 0.262. The number of piperidine rings is 1. The first-order valence-electron chi connectivity index (χ1n) is 9.32. The van der Waals surface area contributed by atoms with Gasteiger partial charge in [-0.2, -0.15) is 0 Å². The molecule has 4 nitrogen and oxygen atoms in total. The quantitative estimate of drug-likeness (QED) is 0.856. The molecule has 4 saturated heterocycles. The van der Waals surface area contributed by atoms with Gasteiger partial charge in [0.2, 0.25) is 0 Å². The van der Waals surface area contributed by atoms with Crippen LogP contribution in [0.3, 0.4) is 0 Å². The number of morpholine rings is 1. The monoisotopic (exact) mass is 307 g/mol. The SMILES string of the molecule is CC(C)N1C[C@H]2CC(C(C)(C)N3CC4CNCC3C4)[C@@H](C1)O2. The van der Waals surface area contributed by atoms with Crippen molar-refractivity contribution in [3.05, 3.63) is 0 Å². The van der Waals surface area contributed by atoms with Gasteiger partial charge in [0.25, 0.3) is 0 Å². The number of ether oxygens (including phenoxy) is 1. The fourth-order valence-electron chi connectivity index (χ4n) is 5.58. The first-order valence-corrected chi connectivity index (χ1v) is 9.32. The predicted octanol–water partition coefficient (Wildman–Crippen LogP) is 1.56. The summed E-state index contributed by atoms with van der Waals surface area (Å²) in [5.41, 5.74) is 0.262. The minimum Gasteiger partial charge on any atom is -0.372 e. The summed E-state index contributed by atoms with van der Waals surface area (Å²) >= 11 is 0. The van der Waals surface area contributed by atoms with E-state index in [0.29, 0.717) is 24.2 Å². The van der Waals surface area contributed by atoms with Gasteiger partial charge < -0.3 is 10.1 Å². The highest BCUT2D eigenvalue weighted by Crippen LogP contribution is 2.44. The van der Waals surface area contributed by atoms with E-state index in [2.05, 4.69) is 42.8 Å². The number of nitrogens with zero attached hydrogens (tertiary/aromatic N) is 2. The van der Waals surface area contributed by atoms with Gasteiger partial charge in [-0.1, -0.05) is 0 Å². The molecule has 126 valence electrons. The first-order chi connectivity index (χ1) is 10.4. The van der Waals surface area contributed by atoms with Crippen molar-refractivity contribution in [2.75, 3.05) is 32.7 Å². The summed E-state index contributed by atoms with van der Waals surface area (Å²) in [4.78, 5) is 5.45. The molecular weight excluding hydrogens is 274 g/mol. The highest BCUT2D eigenvalue weighted by molar-refractivity contribution is 5.06. The van der Waals surface area contributed by atoms with Gasteiger partial charge in [-0.3, -0.25) is 9.80 Å². The summed E-state index contributed by atoms with van der Waals surface area (Å²) in [5.74, 6) is 1.55. The maximum absolute atomic E-state index is 6.36. The number of fused-ring (bicyclic) bond motifs is 4. The molecule has 4 rings (SSSR count). The van der Waals surface area contributed by atoms with E-state index in [9.17, 15) is 0 Å². The normalized spacial score (nSPS) is 43.2. The summed E-state index contributed by atoms with van der Waals surface area (Å²) in [6.45, 7) is 15.6. The maximum Gasteiger partial charge on any atom is 0.0753 e. The van der Waals surface area contributed by atoms with Crippen LogP contribution in [-0.2, 0) is 4.74 Å². The smallest absolute Gasteiger partial charge is 0.0753 e. The summed E-state index contributed by atoms with van der Waals surface area (Å²) in [7, 11) is 0. The fraction of sp³-hybridized carbons (Fsp3) is 1.00. The van der Waals surface area contributed by atoms with Gasteiger partial charge in [0.1, 0.15) is 0 Å². The second-order valence-electron chi connectivity index (χ2n) is 8.91. The molecule has 4 bridgehead atoms. The van der Waals surface area contributed by atoms with E-state index in [4.69, 9.17) is 4.74 Å². The highest BCUT2D eigenvalue weighted by atomic mass is 16.5. The maximum atomic E-state index is 6.36. The zero-order valence-corrected chi connectivity index (χ0v) is 14.7. The number of nitrogens with one attached hydrogen (secondary N) is 1. The Balaban J connectivity index is 1.51. The van der Waals surface area contributed by atoms with Crippen molar-refractivity contribution in [1.29, 1.82) is 0 Å². The van der Waals surface area contributed by atoms with Crippen molar-refractivity contribution in [3.63, 3.8) is 0 Å². The molecule has 4 aliphatic rings. The number of likely N-dealkylation sites (tertiary alicyclic amines) is 2. The van der Waals surface area contributed by atoms with Crippen LogP contribution in [0.2, 0.25) is 0 Å². The number of hydrogen-bond donors (Lipinski definition) is 1. The molecule has 0 aliphatic carbocycles. The van der Waals surface area contributed by atoms with Crippen LogP contribution in [0, 0.1) is 11.8 Å². The molecule has 0 aromatic rings. The highest BCUT2D eigenvalue weighted by Gasteiger charge is 2.53. The largest absolute Gasteiger partial charge is 0.372 e. The van der Waals surface area contributed by atoms with Crippen molar-refractivity contribution in [3.8, 4) is 0 Å². The standard InChI is InChI=1S/C18H33N3O/c1-12(2)20-10-15-6-16(17(11-20)22-15)18(3,4)21-9-13-5-14(21)8-19-7-13/h12-17,19H,5-11H2,1-4H3/t13?,14?,15-,16?,17-/m1/s1. The van der Waals surface area contributed by atoms with E-state index < -0.39 is 0 Å². The zero-order chi connectivity index (χ0) is 15.5. The molecule has 0 spiro atoms. The van der Waals surface area contributed by atoms with Crippen LogP contribution in [0.4, 0.5) is 0 Å². The van der Waals surface area contributed by atoms with Crippen molar-refractivity contribution >= 4 is 0 Å². The van der Waals surface area contributed by atoms with Crippen LogP contribution in [-0.4, -0.2) is 72.4 Å². The molecule has 4 heterocycles. The van der Waals surface area contributed by atoms with Crippen LogP contribution >= 0.6 is 0 Å². The van der Waals surface area contributed by atoms with Crippen LogP contribution in [0.25, 0.3) is 0 Å². The van der Waals surface area contributed by atoms with Gasteiger partial charge in [0.15, 0.2) is 0 Å². The lowest BCUT2D eigenvalue weighted by Gasteiger charge is -2.46. The molecule has 22 heavy (non-hydrogen) atoms. The van der Waals surface area contributed by atoms with Gasteiger partial charge in [0, 0.05) is 49.7 Å². The molecule has 4 heteroatoms. The number of hydrogen-bond acceptors (Lipinski definition) is 4. The van der Waals surface area contributed by atoms with E-state index >= 15 is 0 Å². The second kappa shape index (κ2) is 5.44. The van der Waals surface area contributed by atoms with E-state index in [0.717, 1.165) is 25.0 Å². The molecular formula is C18H33N3O. The van der Waals surface area contributed by atoms with E-state index in [-0.39, 0.29) is 5.54 Å². The van der Waals surface area contributed by atoms with E-state index in [1.54, 1.807) is 0 Å². The van der Waals surface area contributed by atoms with Crippen molar-refractivity contribution in [2.45, 2.75) is 70.4 Å². The van der Waals surface area contributed by atoms with Crippen LogP contribution in [0.5, 0.6) is 0 Å². The van der Waals surface area contributed by atoms with Gasteiger partial charge >= 0.3 is 0 Å². The Morgan fingerprint density at radius 3 is 2.64 bits per heavy atom. The minimum absolute atomic E-state index is 0.262. The van der Waals surface area contributed by atoms with E-state index in [1.165, 1.54) is 32.5 Å². The lowest BCUT2D eigenvalue weighted by atomic mass is 9.80. The third-order valence-corrected chi connectivity index (χ3v) is 6.88. The van der Waals surface area contributed by atoms with Gasteiger partial charge in [-0.05, 0) is 53.0 Å². The molecule has 4 fully saturated rings. The first kappa shape index (κ1) is 15.4. The molecule has 0 aromatic heterocycles. The van der Waals surface area contributed by atoms with E-state index in [1.807, 2.05) is 0 Å². The molecule has 1 N–H and O–H groups in total. The Kier molecular flexibility index (Phi) is 3.80. The Hall–Kier alpha value is -0.160. The van der Waals surface area contributed by atoms with Crippen LogP contribution in [0.15, 0.2) is 0 Å². The second-order valence-corrected chi connectivity index (χ2v) is 8.91. The lowest BCUT2D eigenvalue weighted by Crippen LogP contribution is -2.56. The van der Waals surface area contributed by atoms with Crippen molar-refractivity contribution < 1.29 is 4.74 Å². The molecule has 0 amide bonds. The average Bonchev–Trinajstić information content (AvgIpc) is 2.95. The molecule has 3 unspecified atom stereocenters. The Labute approximate surface area is 135 Å². The third kappa shape index (κ3) is 2.43. The molecule has 0 saturated carbocycles.